The number of amides is 3. The Hall–Kier alpha value is -2.57. The van der Waals surface area contributed by atoms with Crippen LogP contribution in [0.1, 0.15) is 40.2 Å². The van der Waals surface area contributed by atoms with Gasteiger partial charge < -0.3 is 9.47 Å². The number of hydrogen-bond donors (Lipinski definition) is 0. The summed E-state index contributed by atoms with van der Waals surface area (Å²) in [7, 11) is 0. The minimum absolute atomic E-state index is 0.0915. The van der Waals surface area contributed by atoms with Gasteiger partial charge in [0.25, 0.3) is 5.91 Å². The molecule has 144 valence electrons. The van der Waals surface area contributed by atoms with Gasteiger partial charge in [0, 0.05) is 13.1 Å². The fourth-order valence-corrected chi connectivity index (χ4v) is 2.15. The molecule has 1 fully saturated rings. The summed E-state index contributed by atoms with van der Waals surface area (Å²) in [6.07, 6.45) is -1.26. The molecule has 1 saturated heterocycles. The van der Waals surface area contributed by atoms with Crippen LogP contribution in [0.4, 0.5) is 9.59 Å². The van der Waals surface area contributed by atoms with Crippen molar-refractivity contribution in [3.63, 3.8) is 0 Å². The van der Waals surface area contributed by atoms with Gasteiger partial charge in [0.1, 0.15) is 18.8 Å². The Labute approximate surface area is 154 Å². The normalized spacial score (nSPS) is 14.3. The number of hydrogen-bond acceptors (Lipinski definition) is 5. The molecule has 1 aliphatic heterocycles. The first-order chi connectivity index (χ1) is 12.3. The Morgan fingerprint density at radius 2 is 1.65 bits per heavy atom. The van der Waals surface area contributed by atoms with Crippen LogP contribution in [-0.4, -0.2) is 53.1 Å². The predicted molar refractivity (Wildman–Crippen MR) is 97.5 cm³/mol. The highest BCUT2D eigenvalue weighted by molar-refractivity contribution is 5.95. The Balaban J connectivity index is 0.00000163. The van der Waals surface area contributed by atoms with Crippen molar-refractivity contribution in [3.8, 4) is 0 Å². The number of nitrogens with zero attached hydrogens (tertiary/aromatic N) is 2. The fourth-order valence-electron chi connectivity index (χ4n) is 2.15. The van der Waals surface area contributed by atoms with Gasteiger partial charge in [-0.1, -0.05) is 44.2 Å². The summed E-state index contributed by atoms with van der Waals surface area (Å²) in [5.74, 6) is -0.479. The van der Waals surface area contributed by atoms with Crippen LogP contribution in [-0.2, 0) is 20.9 Å². The first-order valence-corrected chi connectivity index (χ1v) is 8.75. The molecule has 1 aliphatic rings. The van der Waals surface area contributed by atoms with Gasteiger partial charge in [0.15, 0.2) is 0 Å². The molecule has 0 unspecified atom stereocenters. The largest absolute Gasteiger partial charge is 0.445 e. The van der Waals surface area contributed by atoms with Crippen LogP contribution in [0.25, 0.3) is 0 Å². The van der Waals surface area contributed by atoms with Crippen LogP contribution >= 0.6 is 0 Å². The lowest BCUT2D eigenvalue weighted by Gasteiger charge is -2.33. The molecule has 0 N–H and O–H groups in total. The van der Waals surface area contributed by atoms with Gasteiger partial charge in [0.2, 0.25) is 0 Å². The van der Waals surface area contributed by atoms with Crippen molar-refractivity contribution in [2.24, 2.45) is 0 Å². The number of imide groups is 1. The fraction of sp³-hybridized carbons (Fsp3) is 0.526. The summed E-state index contributed by atoms with van der Waals surface area (Å²) in [6, 6.07) is 9.27. The zero-order chi connectivity index (χ0) is 19.7. The smallest absolute Gasteiger partial charge is 0.417 e. The molecule has 0 aromatic heterocycles. The summed E-state index contributed by atoms with van der Waals surface area (Å²) in [5.41, 5.74) is 0.188. The van der Waals surface area contributed by atoms with Crippen molar-refractivity contribution < 1.29 is 23.9 Å². The van der Waals surface area contributed by atoms with E-state index in [4.69, 9.17) is 9.47 Å². The summed E-state index contributed by atoms with van der Waals surface area (Å²) in [4.78, 5) is 38.4. The Bertz CT molecular complexity index is 610. The Morgan fingerprint density at radius 1 is 1.04 bits per heavy atom. The highest BCUT2D eigenvalue weighted by atomic mass is 16.6. The SMILES string of the molecule is CC.CC(C)(C)OC(=O)N1CCN(C(=O)OCc2ccccc2)CC1=O. The molecule has 1 heterocycles. The average molecular weight is 364 g/mol. The maximum absolute atomic E-state index is 12.1. The summed E-state index contributed by atoms with van der Waals surface area (Å²) < 4.78 is 10.4. The van der Waals surface area contributed by atoms with Gasteiger partial charge in [-0.3, -0.25) is 9.69 Å². The van der Waals surface area contributed by atoms with E-state index >= 15 is 0 Å². The third kappa shape index (κ3) is 6.74. The first-order valence-electron chi connectivity index (χ1n) is 8.75. The van der Waals surface area contributed by atoms with Crippen LogP contribution in [0.2, 0.25) is 0 Å². The summed E-state index contributed by atoms with van der Waals surface area (Å²) in [5, 5.41) is 0. The molecule has 7 heteroatoms. The van der Waals surface area contributed by atoms with Crippen molar-refractivity contribution in [3.05, 3.63) is 35.9 Å². The Kier molecular flexibility index (Phi) is 8.09. The molecular formula is C19H28N2O5. The van der Waals surface area contributed by atoms with Crippen molar-refractivity contribution in [2.75, 3.05) is 19.6 Å². The molecule has 0 bridgehead atoms. The molecule has 1 aromatic carbocycles. The standard InChI is InChI=1S/C17H22N2O5.C2H6/c1-17(2,3)24-16(22)19-10-9-18(11-14(19)20)15(21)23-12-13-7-5-4-6-8-13;1-2/h4-8H,9-12H2,1-3H3;1-2H3. The van der Waals surface area contributed by atoms with Crippen LogP contribution < -0.4 is 0 Å². The van der Waals surface area contributed by atoms with E-state index < -0.39 is 23.7 Å². The van der Waals surface area contributed by atoms with Gasteiger partial charge in [0.05, 0.1) is 0 Å². The molecule has 26 heavy (non-hydrogen) atoms. The Morgan fingerprint density at radius 3 is 2.19 bits per heavy atom. The molecule has 0 aliphatic carbocycles. The second-order valence-corrected chi connectivity index (χ2v) is 6.49. The zero-order valence-corrected chi connectivity index (χ0v) is 16.2. The van der Waals surface area contributed by atoms with Crippen molar-refractivity contribution in [1.82, 2.24) is 9.80 Å². The van der Waals surface area contributed by atoms with Crippen LogP contribution in [0.15, 0.2) is 30.3 Å². The number of benzene rings is 1. The van der Waals surface area contributed by atoms with Gasteiger partial charge in [-0.25, -0.2) is 14.5 Å². The molecule has 0 atom stereocenters. The van der Waals surface area contributed by atoms with Gasteiger partial charge in [-0.15, -0.1) is 0 Å². The van der Waals surface area contributed by atoms with E-state index in [-0.39, 0.29) is 26.2 Å². The molecular weight excluding hydrogens is 336 g/mol. The van der Waals surface area contributed by atoms with E-state index in [1.54, 1.807) is 20.8 Å². The van der Waals surface area contributed by atoms with Crippen LogP contribution in [0.3, 0.4) is 0 Å². The number of piperazine rings is 1. The molecule has 0 saturated carbocycles. The molecule has 7 nitrogen and oxygen atoms in total. The van der Waals surface area contributed by atoms with E-state index in [0.717, 1.165) is 10.5 Å². The lowest BCUT2D eigenvalue weighted by Crippen LogP contribution is -2.55. The molecule has 2 rings (SSSR count). The zero-order valence-electron chi connectivity index (χ0n) is 16.2. The number of carbonyl (C=O) groups excluding carboxylic acids is 3. The predicted octanol–water partition coefficient (Wildman–Crippen LogP) is 3.43. The topological polar surface area (TPSA) is 76.2 Å². The highest BCUT2D eigenvalue weighted by Crippen LogP contribution is 2.13. The van der Waals surface area contributed by atoms with Gasteiger partial charge in [-0.2, -0.15) is 0 Å². The van der Waals surface area contributed by atoms with E-state index in [9.17, 15) is 14.4 Å². The van der Waals surface area contributed by atoms with Gasteiger partial charge >= 0.3 is 12.2 Å². The van der Waals surface area contributed by atoms with Crippen molar-refractivity contribution in [1.29, 1.82) is 0 Å². The quantitative estimate of drug-likeness (QED) is 0.803. The molecule has 0 spiro atoms. The summed E-state index contributed by atoms with van der Waals surface area (Å²) >= 11 is 0. The molecule has 0 radical (unpaired) electrons. The average Bonchev–Trinajstić information content (AvgIpc) is 2.60. The summed E-state index contributed by atoms with van der Waals surface area (Å²) in [6.45, 7) is 9.44. The minimum Gasteiger partial charge on any atom is -0.445 e. The van der Waals surface area contributed by atoms with Crippen LogP contribution in [0.5, 0.6) is 0 Å². The maximum atomic E-state index is 12.1. The van der Waals surface area contributed by atoms with E-state index in [2.05, 4.69) is 0 Å². The first kappa shape index (κ1) is 21.5. The van der Waals surface area contributed by atoms with E-state index in [1.165, 1.54) is 4.90 Å². The lowest BCUT2D eigenvalue weighted by molar-refractivity contribution is -0.134. The van der Waals surface area contributed by atoms with Gasteiger partial charge in [-0.05, 0) is 26.3 Å². The molecule has 1 aromatic rings. The van der Waals surface area contributed by atoms with Crippen LogP contribution in [0, 0.1) is 0 Å². The minimum atomic E-state index is -0.690. The molecule has 3 amide bonds. The van der Waals surface area contributed by atoms with Crippen molar-refractivity contribution >= 4 is 18.1 Å². The number of rotatable bonds is 2. The third-order valence-electron chi connectivity index (χ3n) is 3.30. The number of carbonyl (C=O) groups is 3. The van der Waals surface area contributed by atoms with E-state index in [0.29, 0.717) is 0 Å². The van der Waals surface area contributed by atoms with Crippen molar-refractivity contribution in [2.45, 2.75) is 46.8 Å². The monoisotopic (exact) mass is 364 g/mol. The maximum Gasteiger partial charge on any atom is 0.417 e. The van der Waals surface area contributed by atoms with E-state index in [1.807, 2.05) is 44.2 Å². The number of ether oxygens (including phenoxy) is 2. The lowest BCUT2D eigenvalue weighted by atomic mass is 10.2. The second-order valence-electron chi connectivity index (χ2n) is 6.49. The third-order valence-corrected chi connectivity index (χ3v) is 3.30. The second kappa shape index (κ2) is 9.79. The highest BCUT2D eigenvalue weighted by Gasteiger charge is 2.34.